The number of furan rings is 1. The van der Waals surface area contributed by atoms with Gasteiger partial charge in [0.25, 0.3) is 5.91 Å². The van der Waals surface area contributed by atoms with E-state index in [1.54, 1.807) is 12.1 Å². The molecule has 2 heterocycles. The second-order valence-electron chi connectivity index (χ2n) is 7.25. The Morgan fingerprint density at radius 3 is 2.65 bits per heavy atom. The Kier molecular flexibility index (Phi) is 7.51. The van der Waals surface area contributed by atoms with Crippen LogP contribution in [0.25, 0.3) is 0 Å². The molecule has 0 aliphatic rings. The molecule has 0 fully saturated rings. The first-order valence-electron chi connectivity index (χ1n) is 10.2. The molecule has 0 atom stereocenters. The Morgan fingerprint density at radius 1 is 1.06 bits per heavy atom. The van der Waals surface area contributed by atoms with Crippen LogP contribution in [0.1, 0.15) is 32.4 Å². The lowest BCUT2D eigenvalue weighted by Crippen LogP contribution is -2.18. The summed E-state index contributed by atoms with van der Waals surface area (Å²) in [5, 5.41) is 5.82. The molecule has 4 aromatic rings. The van der Waals surface area contributed by atoms with Gasteiger partial charge in [-0.15, -0.1) is 11.3 Å². The van der Waals surface area contributed by atoms with Gasteiger partial charge >= 0.3 is 0 Å². The molecule has 0 spiro atoms. The smallest absolute Gasteiger partial charge is 0.290 e. The van der Waals surface area contributed by atoms with Gasteiger partial charge in [-0.25, -0.2) is 18.8 Å². The number of hydrazone groups is 1. The van der Waals surface area contributed by atoms with Gasteiger partial charge in [0.15, 0.2) is 9.84 Å². The summed E-state index contributed by atoms with van der Waals surface area (Å²) in [4.78, 5) is 16.5. The van der Waals surface area contributed by atoms with Crippen LogP contribution in [0, 0.1) is 0 Å². The van der Waals surface area contributed by atoms with E-state index in [0.29, 0.717) is 28.7 Å². The summed E-state index contributed by atoms with van der Waals surface area (Å²) in [5.41, 5.74) is 4.24. The van der Waals surface area contributed by atoms with Crippen molar-refractivity contribution in [3.63, 3.8) is 0 Å². The van der Waals surface area contributed by atoms with Gasteiger partial charge in [-0.05, 0) is 29.8 Å². The van der Waals surface area contributed by atoms with Crippen molar-refractivity contribution >= 4 is 33.3 Å². The summed E-state index contributed by atoms with van der Waals surface area (Å²) in [6.07, 6.45) is 2.91. The predicted octanol–water partition coefficient (Wildman–Crippen LogP) is 4.19. The van der Waals surface area contributed by atoms with Crippen molar-refractivity contribution in [2.24, 2.45) is 5.10 Å². The number of rotatable bonds is 10. The van der Waals surface area contributed by atoms with Gasteiger partial charge in [0.05, 0.1) is 12.5 Å². The molecule has 8 nitrogen and oxygen atoms in total. The molecule has 174 valence electrons. The van der Waals surface area contributed by atoms with E-state index >= 15 is 0 Å². The van der Waals surface area contributed by atoms with E-state index < -0.39 is 15.7 Å². The maximum Gasteiger partial charge on any atom is 0.290 e. The molecule has 4 rings (SSSR count). The number of nitrogens with one attached hydrogen (secondary N) is 1. The van der Waals surface area contributed by atoms with E-state index in [9.17, 15) is 13.2 Å². The Balaban J connectivity index is 1.33. The minimum Gasteiger partial charge on any atom is -0.488 e. The van der Waals surface area contributed by atoms with Crippen LogP contribution in [-0.2, 0) is 27.9 Å². The van der Waals surface area contributed by atoms with Crippen LogP contribution >= 0.6 is 11.3 Å². The van der Waals surface area contributed by atoms with E-state index in [0.717, 1.165) is 16.9 Å². The average Bonchev–Trinajstić information content (AvgIpc) is 3.50. The third-order valence-electron chi connectivity index (χ3n) is 4.60. The number of para-hydroxylation sites is 1. The number of hydrogen-bond donors (Lipinski definition) is 1. The molecule has 10 heteroatoms. The van der Waals surface area contributed by atoms with Crippen molar-refractivity contribution in [3.8, 4) is 5.75 Å². The third kappa shape index (κ3) is 6.63. The number of nitrogens with zero attached hydrogens (tertiary/aromatic N) is 2. The molecule has 0 unspecified atom stereocenters. The fourth-order valence-corrected chi connectivity index (χ4v) is 5.51. The first-order valence-corrected chi connectivity index (χ1v) is 12.9. The van der Waals surface area contributed by atoms with Gasteiger partial charge in [0.2, 0.25) is 0 Å². The van der Waals surface area contributed by atoms with E-state index in [2.05, 4.69) is 15.5 Å². The Labute approximate surface area is 200 Å². The monoisotopic (exact) mass is 495 g/mol. The minimum absolute atomic E-state index is 0.0963. The van der Waals surface area contributed by atoms with Crippen molar-refractivity contribution in [2.45, 2.75) is 18.1 Å². The predicted molar refractivity (Wildman–Crippen MR) is 129 cm³/mol. The first kappa shape index (κ1) is 23.4. The largest absolute Gasteiger partial charge is 0.488 e. The third-order valence-corrected chi connectivity index (χ3v) is 7.07. The molecule has 0 bridgehead atoms. The fraction of sp³-hybridized carbons (Fsp3) is 0.125. The minimum atomic E-state index is -3.47. The Morgan fingerprint density at radius 2 is 1.85 bits per heavy atom. The molecule has 0 saturated heterocycles. The lowest BCUT2D eigenvalue weighted by Gasteiger charge is -2.08. The van der Waals surface area contributed by atoms with E-state index in [-0.39, 0.29) is 17.2 Å². The number of hydrogen-bond acceptors (Lipinski definition) is 8. The average molecular weight is 496 g/mol. The van der Waals surface area contributed by atoms with Gasteiger partial charge < -0.3 is 9.15 Å². The molecule has 0 saturated carbocycles. The molecule has 2 aromatic carbocycles. The van der Waals surface area contributed by atoms with Crippen molar-refractivity contribution in [3.05, 3.63) is 106 Å². The number of sulfone groups is 1. The van der Waals surface area contributed by atoms with E-state index in [1.165, 1.54) is 17.9 Å². The quantitative estimate of drug-likeness (QED) is 0.261. The summed E-state index contributed by atoms with van der Waals surface area (Å²) in [6, 6.07) is 20.3. The number of carbonyl (C=O) groups is 1. The van der Waals surface area contributed by atoms with Crippen LogP contribution in [0.3, 0.4) is 0 Å². The van der Waals surface area contributed by atoms with Crippen molar-refractivity contribution in [2.75, 3.05) is 0 Å². The summed E-state index contributed by atoms with van der Waals surface area (Å²) in [7, 11) is -3.47. The standard InChI is InChI=1S/C24H21N3O5S2/c28-24(21-15-33-23(26-21)17-34(29,30)16-20-10-6-12-31-20)27-25-13-19-9-4-5-11-22(19)32-14-18-7-2-1-3-8-18/h1-13,15H,14,16-17H2,(H,27,28). The van der Waals surface area contributed by atoms with Gasteiger partial charge in [-0.2, -0.15) is 5.10 Å². The lowest BCUT2D eigenvalue weighted by atomic mass is 10.2. The zero-order valence-corrected chi connectivity index (χ0v) is 19.6. The SMILES string of the molecule is O=C(NN=Cc1ccccc1OCc1ccccc1)c1csc(CS(=O)(=O)Cc2ccco2)n1. The molecule has 1 amide bonds. The topological polar surface area (TPSA) is 111 Å². The maximum absolute atomic E-state index is 12.4. The zero-order chi connectivity index (χ0) is 23.8. The summed E-state index contributed by atoms with van der Waals surface area (Å²) < 4.78 is 35.6. The molecule has 2 aromatic heterocycles. The number of carbonyl (C=O) groups excluding carboxylic acids is 1. The fourth-order valence-electron chi connectivity index (χ4n) is 3.00. The summed E-state index contributed by atoms with van der Waals surface area (Å²) in [6.45, 7) is 0.405. The van der Waals surface area contributed by atoms with Crippen LogP contribution in [0.15, 0.2) is 87.9 Å². The highest BCUT2D eigenvalue weighted by Crippen LogP contribution is 2.18. The highest BCUT2D eigenvalue weighted by molar-refractivity contribution is 7.89. The number of aromatic nitrogens is 1. The molecule has 34 heavy (non-hydrogen) atoms. The molecule has 0 radical (unpaired) electrons. The lowest BCUT2D eigenvalue weighted by molar-refractivity contribution is 0.0950. The molecule has 0 aliphatic heterocycles. The van der Waals surface area contributed by atoms with Crippen molar-refractivity contribution in [1.29, 1.82) is 0 Å². The first-order chi connectivity index (χ1) is 16.5. The number of amides is 1. The molecule has 0 aliphatic carbocycles. The van der Waals surface area contributed by atoms with Gasteiger partial charge in [0, 0.05) is 10.9 Å². The van der Waals surface area contributed by atoms with Gasteiger partial charge in [-0.3, -0.25) is 4.79 Å². The molecule has 1 N–H and O–H groups in total. The van der Waals surface area contributed by atoms with Crippen LogP contribution in [0.4, 0.5) is 0 Å². The maximum atomic E-state index is 12.4. The second kappa shape index (κ2) is 10.9. The van der Waals surface area contributed by atoms with E-state index in [1.807, 2.05) is 54.6 Å². The molecular weight excluding hydrogens is 474 g/mol. The van der Waals surface area contributed by atoms with E-state index in [4.69, 9.17) is 9.15 Å². The normalized spacial score (nSPS) is 11.5. The summed E-state index contributed by atoms with van der Waals surface area (Å²) >= 11 is 1.10. The number of thiazole rings is 1. The Bertz CT molecular complexity index is 1360. The summed E-state index contributed by atoms with van der Waals surface area (Å²) in [5.74, 6) is -0.0538. The highest BCUT2D eigenvalue weighted by atomic mass is 32.2. The second-order valence-corrected chi connectivity index (χ2v) is 10.3. The van der Waals surface area contributed by atoms with Crippen LogP contribution < -0.4 is 10.2 Å². The van der Waals surface area contributed by atoms with Crippen molar-refractivity contribution < 1.29 is 22.4 Å². The highest BCUT2D eigenvalue weighted by Gasteiger charge is 2.19. The van der Waals surface area contributed by atoms with Gasteiger partial charge in [-0.1, -0.05) is 42.5 Å². The van der Waals surface area contributed by atoms with Crippen LogP contribution in [0.5, 0.6) is 5.75 Å². The number of ether oxygens (including phenoxy) is 1. The van der Waals surface area contributed by atoms with Crippen molar-refractivity contribution in [1.82, 2.24) is 10.4 Å². The Hall–Kier alpha value is -3.76. The number of benzene rings is 2. The van der Waals surface area contributed by atoms with Crippen LogP contribution in [0.2, 0.25) is 0 Å². The van der Waals surface area contributed by atoms with Gasteiger partial charge in [0.1, 0.15) is 40.3 Å². The zero-order valence-electron chi connectivity index (χ0n) is 18.0. The van der Waals surface area contributed by atoms with Crippen LogP contribution in [-0.4, -0.2) is 25.5 Å². The molecular formula is C24H21N3O5S2.